The minimum absolute atomic E-state index is 0.0336. The highest BCUT2D eigenvalue weighted by Crippen LogP contribution is 2.27. The lowest BCUT2D eigenvalue weighted by Gasteiger charge is -2.14. The van der Waals surface area contributed by atoms with Gasteiger partial charge in [0, 0.05) is 17.5 Å². The highest BCUT2D eigenvalue weighted by Gasteiger charge is 2.20. The molecule has 3 aromatic rings. The second-order valence-electron chi connectivity index (χ2n) is 5.95. The Hall–Kier alpha value is -3.81. The van der Waals surface area contributed by atoms with E-state index in [9.17, 15) is 19.7 Å². The molecule has 8 nitrogen and oxygen atoms in total. The van der Waals surface area contributed by atoms with Crippen LogP contribution in [-0.2, 0) is 11.3 Å². The van der Waals surface area contributed by atoms with E-state index in [1.807, 2.05) is 24.3 Å². The summed E-state index contributed by atoms with van der Waals surface area (Å²) in [5.74, 6) is -0.391. The van der Waals surface area contributed by atoms with Gasteiger partial charge in [-0.05, 0) is 24.6 Å². The van der Waals surface area contributed by atoms with E-state index in [0.717, 1.165) is 11.5 Å². The number of nitro benzene ring substituents is 1. The molecule has 2 aromatic carbocycles. The summed E-state index contributed by atoms with van der Waals surface area (Å²) in [5.41, 5.74) is 1.84. The molecule has 1 aromatic heterocycles. The average Bonchev–Trinajstić information content (AvgIpc) is 2.71. The van der Waals surface area contributed by atoms with Crippen LogP contribution < -0.4 is 4.74 Å². The van der Waals surface area contributed by atoms with Gasteiger partial charge >= 0.3 is 5.97 Å². The van der Waals surface area contributed by atoms with Crippen LogP contribution in [0.25, 0.3) is 10.9 Å². The SMILES string of the molecule is COC(=O)c1c(COc2ccc([N+](=O)[O-])cc2C=O)nc2ccccc2c1C. The monoisotopic (exact) mass is 380 g/mol. The van der Waals surface area contributed by atoms with Crippen LogP contribution >= 0.6 is 0 Å². The number of aldehydes is 1. The van der Waals surface area contributed by atoms with Crippen molar-refractivity contribution in [3.8, 4) is 5.75 Å². The Balaban J connectivity index is 2.02. The molecule has 0 amide bonds. The number of fused-ring (bicyclic) bond motifs is 1. The standard InChI is InChI=1S/C20H16N2O6/c1-12-15-5-3-4-6-16(15)21-17(19(12)20(24)27-2)11-28-18-8-7-14(22(25)26)9-13(18)10-23/h3-10H,11H2,1-2H3. The van der Waals surface area contributed by atoms with Crippen molar-refractivity contribution in [3.05, 3.63) is 75.0 Å². The summed E-state index contributed by atoms with van der Waals surface area (Å²) in [6.07, 6.45) is 0.475. The molecule has 0 saturated carbocycles. The van der Waals surface area contributed by atoms with Crippen molar-refractivity contribution >= 4 is 28.8 Å². The Morgan fingerprint density at radius 3 is 2.68 bits per heavy atom. The number of aromatic nitrogens is 1. The predicted molar refractivity (Wildman–Crippen MR) is 101 cm³/mol. The molecule has 3 rings (SSSR count). The molecule has 0 atom stereocenters. The van der Waals surface area contributed by atoms with Gasteiger partial charge in [-0.25, -0.2) is 9.78 Å². The van der Waals surface area contributed by atoms with Crippen LogP contribution in [0.15, 0.2) is 42.5 Å². The van der Waals surface area contributed by atoms with E-state index in [-0.39, 0.29) is 29.2 Å². The minimum atomic E-state index is -0.597. The normalized spacial score (nSPS) is 10.5. The second-order valence-corrected chi connectivity index (χ2v) is 5.95. The molecule has 8 heteroatoms. The molecule has 0 spiro atoms. The fourth-order valence-electron chi connectivity index (χ4n) is 2.94. The number of aryl methyl sites for hydroxylation is 1. The van der Waals surface area contributed by atoms with Crippen LogP contribution in [0, 0.1) is 17.0 Å². The number of carbonyl (C=O) groups excluding carboxylic acids is 2. The van der Waals surface area contributed by atoms with Crippen molar-refractivity contribution in [2.75, 3.05) is 7.11 Å². The molecule has 1 heterocycles. The Morgan fingerprint density at radius 1 is 1.25 bits per heavy atom. The molecule has 0 aliphatic rings. The first-order valence-electron chi connectivity index (χ1n) is 8.29. The van der Waals surface area contributed by atoms with Crippen LogP contribution in [0.4, 0.5) is 5.69 Å². The lowest BCUT2D eigenvalue weighted by Crippen LogP contribution is -2.13. The average molecular weight is 380 g/mol. The van der Waals surface area contributed by atoms with Gasteiger partial charge in [0.2, 0.25) is 0 Å². The smallest absolute Gasteiger partial charge is 0.340 e. The van der Waals surface area contributed by atoms with E-state index < -0.39 is 10.9 Å². The molecule has 0 radical (unpaired) electrons. The zero-order valence-corrected chi connectivity index (χ0v) is 15.2. The maximum absolute atomic E-state index is 12.3. The number of hydrogen-bond donors (Lipinski definition) is 0. The molecule has 0 bridgehead atoms. The van der Waals surface area contributed by atoms with Crippen LogP contribution in [0.1, 0.15) is 32.0 Å². The Kier molecular flexibility index (Phi) is 5.30. The zero-order chi connectivity index (χ0) is 20.3. The number of methoxy groups -OCH3 is 1. The third-order valence-corrected chi connectivity index (χ3v) is 4.31. The number of hydrogen-bond acceptors (Lipinski definition) is 7. The molecular formula is C20H16N2O6. The molecule has 0 unspecified atom stereocenters. The number of ether oxygens (including phenoxy) is 2. The fraction of sp³-hybridized carbons (Fsp3) is 0.150. The lowest BCUT2D eigenvalue weighted by atomic mass is 10.0. The van der Waals surface area contributed by atoms with Gasteiger partial charge in [0.25, 0.3) is 5.69 Å². The number of non-ortho nitro benzene ring substituents is 1. The molecule has 0 fully saturated rings. The Labute approximate surface area is 159 Å². The van der Waals surface area contributed by atoms with Gasteiger partial charge < -0.3 is 9.47 Å². The van der Waals surface area contributed by atoms with Crippen molar-refractivity contribution in [2.45, 2.75) is 13.5 Å². The van der Waals surface area contributed by atoms with E-state index in [2.05, 4.69) is 4.98 Å². The molecule has 28 heavy (non-hydrogen) atoms. The van der Waals surface area contributed by atoms with E-state index in [1.165, 1.54) is 19.2 Å². The van der Waals surface area contributed by atoms with Gasteiger partial charge in [-0.1, -0.05) is 18.2 Å². The summed E-state index contributed by atoms with van der Waals surface area (Å²) in [4.78, 5) is 38.3. The van der Waals surface area contributed by atoms with E-state index in [4.69, 9.17) is 9.47 Å². The largest absolute Gasteiger partial charge is 0.487 e. The number of nitro groups is 1. The van der Waals surface area contributed by atoms with Gasteiger partial charge in [0.05, 0.1) is 34.4 Å². The predicted octanol–water partition coefficient (Wildman–Crippen LogP) is 3.63. The van der Waals surface area contributed by atoms with Gasteiger partial charge in [-0.15, -0.1) is 0 Å². The molecule has 0 N–H and O–H groups in total. The van der Waals surface area contributed by atoms with Gasteiger partial charge in [-0.2, -0.15) is 0 Å². The fourth-order valence-corrected chi connectivity index (χ4v) is 2.94. The number of para-hydroxylation sites is 1. The third-order valence-electron chi connectivity index (χ3n) is 4.31. The van der Waals surface area contributed by atoms with Crippen LogP contribution in [0.3, 0.4) is 0 Å². The van der Waals surface area contributed by atoms with Crippen LogP contribution in [0.2, 0.25) is 0 Å². The highest BCUT2D eigenvalue weighted by atomic mass is 16.6. The van der Waals surface area contributed by atoms with Gasteiger partial charge in [-0.3, -0.25) is 14.9 Å². The molecular weight excluding hydrogens is 364 g/mol. The van der Waals surface area contributed by atoms with Crippen molar-refractivity contribution in [2.24, 2.45) is 0 Å². The Bertz CT molecular complexity index is 1090. The molecule has 0 aliphatic carbocycles. The van der Waals surface area contributed by atoms with Crippen LogP contribution in [0.5, 0.6) is 5.75 Å². The maximum Gasteiger partial charge on any atom is 0.340 e. The summed E-state index contributed by atoms with van der Waals surface area (Å²) in [7, 11) is 1.28. The topological polar surface area (TPSA) is 109 Å². The van der Waals surface area contributed by atoms with Crippen molar-refractivity contribution in [1.29, 1.82) is 0 Å². The molecule has 0 aliphatic heterocycles. The zero-order valence-electron chi connectivity index (χ0n) is 15.2. The van der Waals surface area contributed by atoms with E-state index in [0.29, 0.717) is 23.1 Å². The minimum Gasteiger partial charge on any atom is -0.487 e. The van der Waals surface area contributed by atoms with E-state index in [1.54, 1.807) is 6.92 Å². The van der Waals surface area contributed by atoms with Crippen molar-refractivity contribution < 1.29 is 24.0 Å². The lowest BCUT2D eigenvalue weighted by molar-refractivity contribution is -0.384. The summed E-state index contributed by atoms with van der Waals surface area (Å²) in [6, 6.07) is 11.1. The number of rotatable bonds is 6. The quantitative estimate of drug-likeness (QED) is 0.278. The number of benzene rings is 2. The highest BCUT2D eigenvalue weighted by molar-refractivity contribution is 5.98. The number of esters is 1. The number of nitrogens with zero attached hydrogens (tertiary/aromatic N) is 2. The summed E-state index contributed by atoms with van der Waals surface area (Å²) in [5, 5.41) is 11.7. The van der Waals surface area contributed by atoms with Gasteiger partial charge in [0.1, 0.15) is 12.4 Å². The van der Waals surface area contributed by atoms with Crippen LogP contribution in [-0.4, -0.2) is 29.3 Å². The van der Waals surface area contributed by atoms with Crippen molar-refractivity contribution in [1.82, 2.24) is 4.98 Å². The first-order chi connectivity index (χ1) is 13.5. The molecule has 0 saturated heterocycles. The van der Waals surface area contributed by atoms with Crippen molar-refractivity contribution in [3.63, 3.8) is 0 Å². The molecule has 142 valence electrons. The van der Waals surface area contributed by atoms with Gasteiger partial charge in [0.15, 0.2) is 6.29 Å². The summed E-state index contributed by atoms with van der Waals surface area (Å²) >= 11 is 0. The number of carbonyl (C=O) groups is 2. The second kappa shape index (κ2) is 7.83. The first kappa shape index (κ1) is 19.0. The third kappa shape index (κ3) is 3.52. The Morgan fingerprint density at radius 2 is 2.00 bits per heavy atom. The van der Waals surface area contributed by atoms with E-state index >= 15 is 0 Å². The first-order valence-corrected chi connectivity index (χ1v) is 8.29. The number of pyridine rings is 1. The summed E-state index contributed by atoms with van der Waals surface area (Å²) < 4.78 is 10.5. The summed E-state index contributed by atoms with van der Waals surface area (Å²) in [6.45, 7) is 1.68. The maximum atomic E-state index is 12.3.